The van der Waals surface area contributed by atoms with Crippen molar-refractivity contribution in [1.29, 1.82) is 0 Å². The second-order valence-electron chi connectivity index (χ2n) is 4.98. The van der Waals surface area contributed by atoms with Gasteiger partial charge in [-0.05, 0) is 47.2 Å². The molecule has 3 nitrogen and oxygen atoms in total. The zero-order chi connectivity index (χ0) is 14.9. The second kappa shape index (κ2) is 5.28. The van der Waals surface area contributed by atoms with Gasteiger partial charge in [0.05, 0.1) is 0 Å². The van der Waals surface area contributed by atoms with Gasteiger partial charge < -0.3 is 4.42 Å². The van der Waals surface area contributed by atoms with Crippen LogP contribution in [-0.2, 0) is 0 Å². The maximum absolute atomic E-state index is 5.89. The van der Waals surface area contributed by atoms with Crippen LogP contribution < -0.4 is 0 Å². The Hall–Kier alpha value is -2.65. The van der Waals surface area contributed by atoms with Gasteiger partial charge in [0.15, 0.2) is 0 Å². The number of aromatic nitrogens is 2. The van der Waals surface area contributed by atoms with E-state index in [0.717, 1.165) is 16.5 Å². The van der Waals surface area contributed by atoms with E-state index in [1.165, 1.54) is 5.39 Å². The molecule has 0 aliphatic heterocycles. The van der Waals surface area contributed by atoms with Crippen LogP contribution in [0.25, 0.3) is 33.7 Å². The SMILES string of the molecule is Clc1ccc(-c2nnc(-c3ccc4ccccc4c3)o2)cc1. The summed E-state index contributed by atoms with van der Waals surface area (Å²) in [5.41, 5.74) is 1.76. The summed E-state index contributed by atoms with van der Waals surface area (Å²) < 4.78 is 5.78. The Morgan fingerprint density at radius 2 is 1.32 bits per heavy atom. The van der Waals surface area contributed by atoms with Gasteiger partial charge in [0.25, 0.3) is 0 Å². The standard InChI is InChI=1S/C18H11ClN2O/c19-16-9-7-13(8-10-16)17-20-21-18(22-17)15-6-5-12-3-1-2-4-14(12)11-15/h1-11H. The maximum atomic E-state index is 5.89. The van der Waals surface area contributed by atoms with Gasteiger partial charge in [-0.2, -0.15) is 0 Å². The molecule has 0 amide bonds. The smallest absolute Gasteiger partial charge is 0.248 e. The molecule has 0 fully saturated rings. The van der Waals surface area contributed by atoms with Gasteiger partial charge in [-0.15, -0.1) is 10.2 Å². The van der Waals surface area contributed by atoms with Crippen molar-refractivity contribution < 1.29 is 4.42 Å². The predicted molar refractivity (Wildman–Crippen MR) is 87.7 cm³/mol. The van der Waals surface area contributed by atoms with E-state index in [-0.39, 0.29) is 0 Å². The quantitative estimate of drug-likeness (QED) is 0.510. The number of nitrogens with zero attached hydrogens (tertiary/aromatic N) is 2. The molecule has 0 atom stereocenters. The molecule has 4 heteroatoms. The summed E-state index contributed by atoms with van der Waals surface area (Å²) in [5.74, 6) is 0.996. The third kappa shape index (κ3) is 2.36. The van der Waals surface area contributed by atoms with Crippen LogP contribution in [0, 0.1) is 0 Å². The number of hydrogen-bond acceptors (Lipinski definition) is 3. The molecule has 4 rings (SSSR count). The lowest BCUT2D eigenvalue weighted by molar-refractivity contribution is 0.584. The molecule has 0 radical (unpaired) electrons. The van der Waals surface area contributed by atoms with E-state index in [9.17, 15) is 0 Å². The van der Waals surface area contributed by atoms with Gasteiger partial charge in [-0.25, -0.2) is 0 Å². The van der Waals surface area contributed by atoms with E-state index in [2.05, 4.69) is 34.5 Å². The van der Waals surface area contributed by atoms with Gasteiger partial charge in [-0.1, -0.05) is 41.9 Å². The van der Waals surface area contributed by atoms with Gasteiger partial charge in [0, 0.05) is 16.1 Å². The van der Waals surface area contributed by atoms with Crippen LogP contribution in [0.3, 0.4) is 0 Å². The molecule has 106 valence electrons. The van der Waals surface area contributed by atoms with Gasteiger partial charge in [-0.3, -0.25) is 0 Å². The Morgan fingerprint density at radius 3 is 2.09 bits per heavy atom. The number of hydrogen-bond donors (Lipinski definition) is 0. The topological polar surface area (TPSA) is 38.9 Å². The number of halogens is 1. The Bertz CT molecular complexity index is 945. The van der Waals surface area contributed by atoms with Crippen molar-refractivity contribution in [1.82, 2.24) is 10.2 Å². The van der Waals surface area contributed by atoms with Crippen LogP contribution in [0.5, 0.6) is 0 Å². The maximum Gasteiger partial charge on any atom is 0.248 e. The average Bonchev–Trinajstić information content (AvgIpc) is 3.05. The summed E-state index contributed by atoms with van der Waals surface area (Å²) in [6.07, 6.45) is 0. The third-order valence-corrected chi connectivity index (χ3v) is 3.76. The van der Waals surface area contributed by atoms with Crippen LogP contribution >= 0.6 is 11.6 Å². The second-order valence-corrected chi connectivity index (χ2v) is 5.42. The molecule has 4 aromatic rings. The molecule has 3 aromatic carbocycles. The first-order valence-corrected chi connectivity index (χ1v) is 7.26. The molecular formula is C18H11ClN2O. The lowest BCUT2D eigenvalue weighted by Gasteiger charge is -1.99. The fraction of sp³-hybridized carbons (Fsp3) is 0. The Labute approximate surface area is 132 Å². The lowest BCUT2D eigenvalue weighted by atomic mass is 10.1. The molecule has 1 heterocycles. The van der Waals surface area contributed by atoms with Crippen molar-refractivity contribution in [2.45, 2.75) is 0 Å². The average molecular weight is 307 g/mol. The van der Waals surface area contributed by atoms with Gasteiger partial charge in [0.2, 0.25) is 11.8 Å². The minimum absolute atomic E-state index is 0.486. The minimum Gasteiger partial charge on any atom is -0.416 e. The van der Waals surface area contributed by atoms with Crippen molar-refractivity contribution in [2.75, 3.05) is 0 Å². The number of benzene rings is 3. The molecule has 0 saturated heterocycles. The van der Waals surface area contributed by atoms with Crippen molar-refractivity contribution in [3.63, 3.8) is 0 Å². The molecule has 0 aliphatic rings. The molecule has 1 aromatic heterocycles. The summed E-state index contributed by atoms with van der Waals surface area (Å²) in [6, 6.07) is 21.6. The molecule has 0 spiro atoms. The molecule has 0 aliphatic carbocycles. The Morgan fingerprint density at radius 1 is 0.682 bits per heavy atom. The van der Waals surface area contributed by atoms with Crippen LogP contribution in [-0.4, -0.2) is 10.2 Å². The number of fused-ring (bicyclic) bond motifs is 1. The van der Waals surface area contributed by atoms with Gasteiger partial charge >= 0.3 is 0 Å². The highest BCUT2D eigenvalue weighted by Crippen LogP contribution is 2.27. The summed E-state index contributed by atoms with van der Waals surface area (Å²) in [5, 5.41) is 11.3. The highest BCUT2D eigenvalue weighted by Gasteiger charge is 2.10. The van der Waals surface area contributed by atoms with Crippen LogP contribution in [0.2, 0.25) is 5.02 Å². The van der Waals surface area contributed by atoms with Crippen molar-refractivity contribution in [2.24, 2.45) is 0 Å². The van der Waals surface area contributed by atoms with E-state index in [1.807, 2.05) is 30.3 Å². The predicted octanol–water partition coefficient (Wildman–Crippen LogP) is 5.21. The Kier molecular flexibility index (Phi) is 3.13. The van der Waals surface area contributed by atoms with Gasteiger partial charge in [0.1, 0.15) is 0 Å². The normalized spacial score (nSPS) is 11.0. The van der Waals surface area contributed by atoms with E-state index < -0.39 is 0 Å². The van der Waals surface area contributed by atoms with E-state index in [1.54, 1.807) is 12.1 Å². The minimum atomic E-state index is 0.486. The molecule has 0 unspecified atom stereocenters. The first-order chi connectivity index (χ1) is 10.8. The summed E-state index contributed by atoms with van der Waals surface area (Å²) in [6.45, 7) is 0. The zero-order valence-corrected chi connectivity index (χ0v) is 12.3. The molecule has 22 heavy (non-hydrogen) atoms. The summed E-state index contributed by atoms with van der Waals surface area (Å²) >= 11 is 5.89. The molecule has 0 saturated carbocycles. The van der Waals surface area contributed by atoms with Crippen molar-refractivity contribution in [3.05, 3.63) is 71.8 Å². The number of rotatable bonds is 2. The highest BCUT2D eigenvalue weighted by atomic mass is 35.5. The fourth-order valence-corrected chi connectivity index (χ4v) is 2.50. The van der Waals surface area contributed by atoms with Crippen molar-refractivity contribution >= 4 is 22.4 Å². The van der Waals surface area contributed by atoms with Crippen LogP contribution in [0.1, 0.15) is 0 Å². The fourth-order valence-electron chi connectivity index (χ4n) is 2.37. The zero-order valence-electron chi connectivity index (χ0n) is 11.5. The third-order valence-electron chi connectivity index (χ3n) is 3.51. The molecule has 0 N–H and O–H groups in total. The Balaban J connectivity index is 1.74. The summed E-state index contributed by atoms with van der Waals surface area (Å²) in [4.78, 5) is 0. The molecule has 0 bridgehead atoms. The van der Waals surface area contributed by atoms with Crippen molar-refractivity contribution in [3.8, 4) is 22.9 Å². The van der Waals surface area contributed by atoms with E-state index >= 15 is 0 Å². The van der Waals surface area contributed by atoms with E-state index in [0.29, 0.717) is 16.8 Å². The highest BCUT2D eigenvalue weighted by molar-refractivity contribution is 6.30. The summed E-state index contributed by atoms with van der Waals surface area (Å²) in [7, 11) is 0. The first-order valence-electron chi connectivity index (χ1n) is 6.88. The van der Waals surface area contributed by atoms with E-state index in [4.69, 9.17) is 16.0 Å². The molecular weight excluding hydrogens is 296 g/mol. The van der Waals surface area contributed by atoms with Crippen LogP contribution in [0.4, 0.5) is 0 Å². The first kappa shape index (κ1) is 13.0. The monoisotopic (exact) mass is 306 g/mol. The van der Waals surface area contributed by atoms with Crippen LogP contribution in [0.15, 0.2) is 71.1 Å². The largest absolute Gasteiger partial charge is 0.416 e. The lowest BCUT2D eigenvalue weighted by Crippen LogP contribution is -1.79.